The normalized spacial score (nSPS) is 14.6. The van der Waals surface area contributed by atoms with Gasteiger partial charge in [-0.15, -0.1) is 0 Å². The highest BCUT2D eigenvalue weighted by Crippen LogP contribution is 2.26. The second kappa shape index (κ2) is 6.86. The van der Waals surface area contributed by atoms with Crippen molar-refractivity contribution in [1.82, 2.24) is 4.90 Å². The molecule has 1 aliphatic carbocycles. The molecule has 0 unspecified atom stereocenters. The van der Waals surface area contributed by atoms with Gasteiger partial charge in [0.1, 0.15) is 0 Å². The van der Waals surface area contributed by atoms with Crippen LogP contribution in [0.5, 0.6) is 0 Å². The summed E-state index contributed by atoms with van der Waals surface area (Å²) in [5, 5.41) is 12.1. The van der Waals surface area contributed by atoms with Crippen molar-refractivity contribution >= 4 is 11.6 Å². The highest BCUT2D eigenvalue weighted by molar-refractivity contribution is 5.93. The molecule has 2 rings (SSSR count). The number of nitrogens with zero attached hydrogens (tertiary/aromatic N) is 1. The second-order valence-corrected chi connectivity index (χ2v) is 5.44. The van der Waals surface area contributed by atoms with Crippen molar-refractivity contribution in [1.29, 1.82) is 0 Å². The fourth-order valence-corrected chi connectivity index (χ4v) is 2.52. The third-order valence-corrected chi connectivity index (χ3v) is 3.80. The predicted octanol–water partition coefficient (Wildman–Crippen LogP) is 1.95. The third-order valence-electron chi connectivity index (χ3n) is 3.80. The number of benzene rings is 1. The number of anilines is 1. The van der Waals surface area contributed by atoms with Gasteiger partial charge in [0.2, 0.25) is 5.91 Å². The number of aliphatic hydroxyl groups excluding tert-OH is 1. The molecule has 110 valence electrons. The first-order valence-corrected chi connectivity index (χ1v) is 7.39. The average molecular weight is 276 g/mol. The number of aryl methyl sites for hydroxylation is 2. The van der Waals surface area contributed by atoms with Crippen LogP contribution in [0.1, 0.15) is 30.9 Å². The number of carbonyl (C=O) groups is 1. The van der Waals surface area contributed by atoms with Crippen molar-refractivity contribution in [2.24, 2.45) is 0 Å². The molecule has 1 fully saturated rings. The van der Waals surface area contributed by atoms with Crippen LogP contribution < -0.4 is 5.32 Å². The van der Waals surface area contributed by atoms with Crippen LogP contribution in [0.4, 0.5) is 5.69 Å². The van der Waals surface area contributed by atoms with Crippen molar-refractivity contribution < 1.29 is 9.90 Å². The lowest BCUT2D eigenvalue weighted by atomic mass is 10.1. The summed E-state index contributed by atoms with van der Waals surface area (Å²) in [4.78, 5) is 14.3. The monoisotopic (exact) mass is 276 g/mol. The highest BCUT2D eigenvalue weighted by Gasteiger charge is 2.29. The Morgan fingerprint density at radius 2 is 2.20 bits per heavy atom. The summed E-state index contributed by atoms with van der Waals surface area (Å²) in [5.74, 6) is 0.00866. The smallest absolute Gasteiger partial charge is 0.238 e. The molecule has 1 saturated carbocycles. The quantitative estimate of drug-likeness (QED) is 0.800. The van der Waals surface area contributed by atoms with Crippen LogP contribution in [0.2, 0.25) is 0 Å². The molecule has 1 aromatic carbocycles. The molecule has 0 heterocycles. The predicted molar refractivity (Wildman–Crippen MR) is 80.9 cm³/mol. The maximum atomic E-state index is 12.2. The highest BCUT2D eigenvalue weighted by atomic mass is 16.3. The topological polar surface area (TPSA) is 52.6 Å². The molecule has 4 nitrogen and oxygen atoms in total. The molecule has 1 aliphatic rings. The van der Waals surface area contributed by atoms with Crippen LogP contribution >= 0.6 is 0 Å². The molecule has 0 atom stereocenters. The Hall–Kier alpha value is -1.39. The van der Waals surface area contributed by atoms with Crippen LogP contribution in [0, 0.1) is 6.92 Å². The number of rotatable bonds is 7. The number of hydrogen-bond donors (Lipinski definition) is 2. The van der Waals surface area contributed by atoms with Gasteiger partial charge >= 0.3 is 0 Å². The van der Waals surface area contributed by atoms with E-state index in [1.807, 2.05) is 19.1 Å². The number of hydrogen-bond acceptors (Lipinski definition) is 3. The summed E-state index contributed by atoms with van der Waals surface area (Å²) in [5.41, 5.74) is 3.20. The van der Waals surface area contributed by atoms with Crippen LogP contribution in [-0.4, -0.2) is 41.7 Å². The van der Waals surface area contributed by atoms with Gasteiger partial charge in [-0.1, -0.05) is 25.1 Å². The van der Waals surface area contributed by atoms with Crippen LogP contribution in [-0.2, 0) is 11.2 Å². The summed E-state index contributed by atoms with van der Waals surface area (Å²) >= 11 is 0. The Kier molecular flexibility index (Phi) is 5.15. The van der Waals surface area contributed by atoms with Crippen molar-refractivity contribution in [3.05, 3.63) is 29.3 Å². The second-order valence-electron chi connectivity index (χ2n) is 5.44. The Labute approximate surface area is 120 Å². The molecular formula is C16H24N2O2. The lowest BCUT2D eigenvalue weighted by molar-refractivity contribution is -0.117. The van der Waals surface area contributed by atoms with Crippen molar-refractivity contribution in [3.8, 4) is 0 Å². The lowest BCUT2D eigenvalue weighted by Gasteiger charge is -2.21. The van der Waals surface area contributed by atoms with Gasteiger partial charge in [-0.05, 0) is 37.3 Å². The van der Waals surface area contributed by atoms with E-state index in [2.05, 4.69) is 23.2 Å². The Morgan fingerprint density at radius 1 is 1.45 bits per heavy atom. The van der Waals surface area contributed by atoms with E-state index in [-0.39, 0.29) is 12.5 Å². The van der Waals surface area contributed by atoms with Crippen LogP contribution in [0.3, 0.4) is 0 Å². The zero-order valence-electron chi connectivity index (χ0n) is 12.4. The van der Waals surface area contributed by atoms with E-state index in [4.69, 9.17) is 5.11 Å². The number of amides is 1. The van der Waals surface area contributed by atoms with Gasteiger partial charge in [0, 0.05) is 18.3 Å². The molecule has 0 radical (unpaired) electrons. The minimum Gasteiger partial charge on any atom is -0.395 e. The van der Waals surface area contributed by atoms with Crippen molar-refractivity contribution in [2.45, 2.75) is 39.2 Å². The summed E-state index contributed by atoms with van der Waals surface area (Å²) in [6.45, 7) is 5.15. The SMILES string of the molecule is CCc1cccc(C)c1NC(=O)CN(CCO)C1CC1. The summed E-state index contributed by atoms with van der Waals surface area (Å²) in [6, 6.07) is 6.57. The fraction of sp³-hybridized carbons (Fsp3) is 0.562. The number of aliphatic hydroxyl groups is 1. The largest absolute Gasteiger partial charge is 0.395 e. The Balaban J connectivity index is 2.00. The maximum Gasteiger partial charge on any atom is 0.238 e. The summed E-state index contributed by atoms with van der Waals surface area (Å²) in [6.07, 6.45) is 3.18. The van der Waals surface area contributed by atoms with E-state index >= 15 is 0 Å². The van der Waals surface area contributed by atoms with E-state index in [0.29, 0.717) is 19.1 Å². The molecule has 4 heteroatoms. The zero-order chi connectivity index (χ0) is 14.5. The van der Waals surface area contributed by atoms with Gasteiger partial charge < -0.3 is 10.4 Å². The minimum atomic E-state index is 0.00866. The number of carbonyl (C=O) groups excluding carboxylic acids is 1. The maximum absolute atomic E-state index is 12.2. The van der Waals surface area contributed by atoms with Gasteiger partial charge in [-0.3, -0.25) is 9.69 Å². The van der Waals surface area contributed by atoms with Gasteiger partial charge in [-0.2, -0.15) is 0 Å². The van der Waals surface area contributed by atoms with Crippen molar-refractivity contribution in [3.63, 3.8) is 0 Å². The van der Waals surface area contributed by atoms with E-state index < -0.39 is 0 Å². The zero-order valence-corrected chi connectivity index (χ0v) is 12.4. The molecule has 0 aliphatic heterocycles. The van der Waals surface area contributed by atoms with E-state index in [1.165, 1.54) is 5.56 Å². The third kappa shape index (κ3) is 3.81. The van der Waals surface area contributed by atoms with Crippen LogP contribution in [0.15, 0.2) is 18.2 Å². The standard InChI is InChI=1S/C16H24N2O2/c1-3-13-6-4-5-12(2)16(13)17-15(20)11-18(9-10-19)14-7-8-14/h4-6,14,19H,3,7-11H2,1-2H3,(H,17,20). The fourth-order valence-electron chi connectivity index (χ4n) is 2.52. The molecule has 0 aromatic heterocycles. The number of nitrogens with one attached hydrogen (secondary N) is 1. The Morgan fingerprint density at radius 3 is 2.80 bits per heavy atom. The van der Waals surface area contributed by atoms with Gasteiger partial charge in [-0.25, -0.2) is 0 Å². The molecule has 20 heavy (non-hydrogen) atoms. The first kappa shape index (κ1) is 15.0. The molecular weight excluding hydrogens is 252 g/mol. The van der Waals surface area contributed by atoms with Crippen molar-refractivity contribution in [2.75, 3.05) is 25.0 Å². The summed E-state index contributed by atoms with van der Waals surface area (Å²) in [7, 11) is 0. The molecule has 1 amide bonds. The van der Waals surface area contributed by atoms with Gasteiger partial charge in [0.25, 0.3) is 0 Å². The van der Waals surface area contributed by atoms with Crippen LogP contribution in [0.25, 0.3) is 0 Å². The molecule has 1 aromatic rings. The van der Waals surface area contributed by atoms with E-state index in [0.717, 1.165) is 30.5 Å². The van der Waals surface area contributed by atoms with Gasteiger partial charge in [0.05, 0.1) is 13.2 Å². The molecule has 2 N–H and O–H groups in total. The van der Waals surface area contributed by atoms with Gasteiger partial charge in [0.15, 0.2) is 0 Å². The lowest BCUT2D eigenvalue weighted by Crippen LogP contribution is -2.37. The molecule has 0 bridgehead atoms. The molecule has 0 saturated heterocycles. The summed E-state index contributed by atoms with van der Waals surface area (Å²) < 4.78 is 0. The first-order chi connectivity index (χ1) is 9.65. The molecule has 0 spiro atoms. The Bertz CT molecular complexity index is 470. The number of para-hydroxylation sites is 1. The van der Waals surface area contributed by atoms with E-state index in [9.17, 15) is 4.79 Å². The average Bonchev–Trinajstić information content (AvgIpc) is 3.25. The minimum absolute atomic E-state index is 0.00866. The van der Waals surface area contributed by atoms with E-state index in [1.54, 1.807) is 0 Å². The first-order valence-electron chi connectivity index (χ1n) is 7.39.